The maximum Gasteiger partial charge on any atom is 0.240 e. The minimum atomic E-state index is -0.483. The van der Waals surface area contributed by atoms with Gasteiger partial charge in [0.2, 0.25) is 11.8 Å². The van der Waals surface area contributed by atoms with Crippen LogP contribution in [0, 0.1) is 11.8 Å². The molecule has 0 N–H and O–H groups in total. The molecule has 3 aliphatic heterocycles. The Kier molecular flexibility index (Phi) is 2.93. The average Bonchev–Trinajstić information content (AvgIpc) is 3.21. The third-order valence-corrected chi connectivity index (χ3v) is 4.74. The molecule has 0 aromatic heterocycles. The van der Waals surface area contributed by atoms with Gasteiger partial charge in [-0.25, -0.2) is 4.90 Å². The number of ketones is 1. The van der Waals surface area contributed by atoms with E-state index < -0.39 is 11.8 Å². The first-order valence-electron chi connectivity index (χ1n) is 7.43. The molecule has 0 unspecified atom stereocenters. The second-order valence-electron chi connectivity index (χ2n) is 5.96. The summed E-state index contributed by atoms with van der Waals surface area (Å²) in [6, 6.07) is 4.75. The van der Waals surface area contributed by atoms with Crippen LogP contribution in [0.25, 0.3) is 0 Å². The molecular weight excluding hydrogens is 298 g/mol. The smallest absolute Gasteiger partial charge is 0.240 e. The van der Waals surface area contributed by atoms with Gasteiger partial charge in [0.05, 0.1) is 36.8 Å². The summed E-state index contributed by atoms with van der Waals surface area (Å²) in [4.78, 5) is 38.4. The highest BCUT2D eigenvalue weighted by Gasteiger charge is 2.61. The van der Waals surface area contributed by atoms with Crippen LogP contribution in [0.4, 0.5) is 5.69 Å². The molecule has 4 atom stereocenters. The van der Waals surface area contributed by atoms with Crippen molar-refractivity contribution in [3.05, 3.63) is 35.9 Å². The third kappa shape index (κ3) is 1.81. The molecule has 0 radical (unpaired) electrons. The van der Waals surface area contributed by atoms with Gasteiger partial charge in [-0.1, -0.05) is 12.2 Å². The lowest BCUT2D eigenvalue weighted by Crippen LogP contribution is -2.34. The molecule has 1 aromatic rings. The van der Waals surface area contributed by atoms with Crippen LogP contribution in [-0.4, -0.2) is 36.9 Å². The molecule has 23 heavy (non-hydrogen) atoms. The van der Waals surface area contributed by atoms with E-state index in [1.807, 2.05) is 12.2 Å². The van der Waals surface area contributed by atoms with Crippen LogP contribution < -0.4 is 9.64 Å². The minimum absolute atomic E-state index is 0.140. The molecule has 0 saturated carbocycles. The molecule has 1 aromatic carbocycles. The Morgan fingerprint density at radius 2 is 1.74 bits per heavy atom. The molecule has 2 fully saturated rings. The lowest BCUT2D eigenvalue weighted by atomic mass is 9.85. The summed E-state index contributed by atoms with van der Waals surface area (Å²) in [5.41, 5.74) is 0.750. The lowest BCUT2D eigenvalue weighted by Gasteiger charge is -2.20. The van der Waals surface area contributed by atoms with Gasteiger partial charge in [-0.2, -0.15) is 0 Å². The zero-order chi connectivity index (χ0) is 16.3. The number of anilines is 1. The summed E-state index contributed by atoms with van der Waals surface area (Å²) >= 11 is 0. The maximum atomic E-state index is 12.8. The summed E-state index contributed by atoms with van der Waals surface area (Å²) in [5, 5.41) is 0. The summed E-state index contributed by atoms with van der Waals surface area (Å²) < 4.78 is 10.9. The fraction of sp³-hybridized carbons (Fsp3) is 0.353. The Morgan fingerprint density at radius 3 is 2.26 bits per heavy atom. The first-order valence-corrected chi connectivity index (χ1v) is 7.43. The number of nitrogens with zero attached hydrogens (tertiary/aromatic N) is 1. The highest BCUT2D eigenvalue weighted by molar-refractivity contribution is 6.24. The Labute approximate surface area is 132 Å². The number of imide groups is 1. The van der Waals surface area contributed by atoms with Crippen molar-refractivity contribution in [2.45, 2.75) is 19.1 Å². The number of hydrogen-bond acceptors (Lipinski definition) is 5. The van der Waals surface area contributed by atoms with Gasteiger partial charge in [-0.05, 0) is 25.1 Å². The van der Waals surface area contributed by atoms with E-state index in [1.165, 1.54) is 20.1 Å². The fourth-order valence-corrected chi connectivity index (χ4v) is 3.62. The molecule has 6 nitrogen and oxygen atoms in total. The van der Waals surface area contributed by atoms with Gasteiger partial charge in [0.25, 0.3) is 0 Å². The number of amides is 2. The van der Waals surface area contributed by atoms with Gasteiger partial charge in [-0.15, -0.1) is 0 Å². The van der Waals surface area contributed by atoms with Crippen molar-refractivity contribution in [2.24, 2.45) is 11.8 Å². The first-order chi connectivity index (χ1) is 11.0. The first kappa shape index (κ1) is 14.1. The maximum absolute atomic E-state index is 12.8. The molecule has 3 aliphatic rings. The number of carbonyl (C=O) groups is 3. The molecule has 0 spiro atoms. The number of benzene rings is 1. The SMILES string of the molecule is COc1ccc(C(C)=O)cc1N1C(=O)[C@@H]2[C@H](C1=O)[C@H]1C=C[C@@H]2O1. The van der Waals surface area contributed by atoms with Crippen molar-refractivity contribution < 1.29 is 23.9 Å². The molecule has 2 saturated heterocycles. The van der Waals surface area contributed by atoms with Crippen LogP contribution in [0.5, 0.6) is 5.75 Å². The largest absolute Gasteiger partial charge is 0.495 e. The van der Waals surface area contributed by atoms with Crippen LogP contribution >= 0.6 is 0 Å². The van der Waals surface area contributed by atoms with Crippen LogP contribution in [0.15, 0.2) is 30.4 Å². The predicted octanol–water partition coefficient (Wildman–Crippen LogP) is 1.34. The molecule has 2 amide bonds. The van der Waals surface area contributed by atoms with E-state index in [9.17, 15) is 14.4 Å². The second kappa shape index (κ2) is 4.76. The molecule has 0 aliphatic carbocycles. The van der Waals surface area contributed by atoms with Crippen LogP contribution in [-0.2, 0) is 14.3 Å². The van der Waals surface area contributed by atoms with Gasteiger partial charge in [-0.3, -0.25) is 14.4 Å². The van der Waals surface area contributed by atoms with Gasteiger partial charge in [0.1, 0.15) is 5.75 Å². The van der Waals surface area contributed by atoms with Crippen molar-refractivity contribution in [3.63, 3.8) is 0 Å². The van der Waals surface area contributed by atoms with E-state index in [-0.39, 0.29) is 29.8 Å². The van der Waals surface area contributed by atoms with Crippen molar-refractivity contribution in [2.75, 3.05) is 12.0 Å². The number of fused-ring (bicyclic) bond motifs is 5. The highest BCUT2D eigenvalue weighted by atomic mass is 16.5. The zero-order valence-electron chi connectivity index (χ0n) is 12.7. The van der Waals surface area contributed by atoms with E-state index in [1.54, 1.807) is 12.1 Å². The lowest BCUT2D eigenvalue weighted by molar-refractivity contribution is -0.124. The quantitative estimate of drug-likeness (QED) is 0.478. The number of methoxy groups -OCH3 is 1. The Morgan fingerprint density at radius 1 is 1.13 bits per heavy atom. The highest BCUT2D eigenvalue weighted by Crippen LogP contribution is 2.47. The van der Waals surface area contributed by atoms with Crippen molar-refractivity contribution >= 4 is 23.3 Å². The zero-order valence-corrected chi connectivity index (χ0v) is 12.7. The van der Waals surface area contributed by atoms with Crippen LogP contribution in [0.3, 0.4) is 0 Å². The number of hydrogen-bond donors (Lipinski definition) is 0. The Balaban J connectivity index is 1.80. The minimum Gasteiger partial charge on any atom is -0.495 e. The molecule has 6 heteroatoms. The van der Waals surface area contributed by atoms with E-state index in [2.05, 4.69) is 0 Å². The van der Waals surface area contributed by atoms with Crippen LogP contribution in [0.1, 0.15) is 17.3 Å². The Bertz CT molecular complexity index is 738. The molecule has 4 rings (SSSR count). The van der Waals surface area contributed by atoms with Gasteiger partial charge >= 0.3 is 0 Å². The van der Waals surface area contributed by atoms with Crippen molar-refractivity contribution in [1.29, 1.82) is 0 Å². The number of rotatable bonds is 3. The topological polar surface area (TPSA) is 72.9 Å². The standard InChI is InChI=1S/C17H15NO5/c1-8(19)9-3-4-11(22-2)10(7-9)18-16(20)14-12-5-6-13(23-12)15(14)17(18)21/h3-7,12-15H,1-2H3/t12-,13+,14-,15+. The third-order valence-electron chi connectivity index (χ3n) is 4.74. The average molecular weight is 313 g/mol. The molecule has 2 bridgehead atoms. The van der Waals surface area contributed by atoms with Crippen molar-refractivity contribution in [1.82, 2.24) is 0 Å². The number of ether oxygens (including phenoxy) is 2. The van der Waals surface area contributed by atoms with Gasteiger partial charge < -0.3 is 9.47 Å². The second-order valence-corrected chi connectivity index (χ2v) is 5.96. The van der Waals surface area contributed by atoms with Gasteiger partial charge in [0.15, 0.2) is 5.78 Å². The molecule has 118 valence electrons. The van der Waals surface area contributed by atoms with Gasteiger partial charge in [0, 0.05) is 5.56 Å². The summed E-state index contributed by atoms with van der Waals surface area (Å²) in [6.07, 6.45) is 3.00. The predicted molar refractivity (Wildman–Crippen MR) is 80.3 cm³/mol. The normalized spacial score (nSPS) is 31.0. The van der Waals surface area contributed by atoms with Crippen LogP contribution in [0.2, 0.25) is 0 Å². The fourth-order valence-electron chi connectivity index (χ4n) is 3.62. The monoisotopic (exact) mass is 313 g/mol. The summed E-state index contributed by atoms with van der Waals surface area (Å²) in [5.74, 6) is -1.31. The number of Topliss-reactive ketones (excluding diaryl/α,β-unsaturated/α-hetero) is 1. The van der Waals surface area contributed by atoms with Crippen molar-refractivity contribution in [3.8, 4) is 5.75 Å². The number of carbonyl (C=O) groups excluding carboxylic acids is 3. The molecule has 3 heterocycles. The van der Waals surface area contributed by atoms with E-state index >= 15 is 0 Å². The molecular formula is C17H15NO5. The summed E-state index contributed by atoms with van der Waals surface area (Å²) in [6.45, 7) is 1.44. The van der Waals surface area contributed by atoms with E-state index in [0.717, 1.165) is 4.90 Å². The van der Waals surface area contributed by atoms with E-state index in [0.29, 0.717) is 17.0 Å². The van der Waals surface area contributed by atoms with E-state index in [4.69, 9.17) is 9.47 Å². The Hall–Kier alpha value is -2.47. The summed E-state index contributed by atoms with van der Waals surface area (Å²) in [7, 11) is 1.46.